The third-order valence-electron chi connectivity index (χ3n) is 3.91. The van der Waals surface area contributed by atoms with Crippen molar-refractivity contribution in [1.29, 1.82) is 0 Å². The van der Waals surface area contributed by atoms with Crippen molar-refractivity contribution in [3.8, 4) is 5.75 Å². The van der Waals surface area contributed by atoms with Crippen molar-refractivity contribution < 1.29 is 14.6 Å². The first-order valence-corrected chi connectivity index (χ1v) is 7.90. The average Bonchev–Trinajstić information content (AvgIpc) is 2.58. The summed E-state index contributed by atoms with van der Waals surface area (Å²) in [5, 5.41) is 11.7. The fourth-order valence-corrected chi connectivity index (χ4v) is 2.60. The molecular formula is C17H20N4O3. The first kappa shape index (κ1) is 16.0. The number of carbonyl (C=O) groups is 1. The molecule has 2 N–H and O–H groups in total. The van der Waals surface area contributed by atoms with E-state index >= 15 is 0 Å². The standard InChI is InChI=1S/C17H20N4O3/c1-12-2-5-16(19-10-12)21-8-6-14(7-9-21)24-17(23)20-15-4-3-13(22)11-18-15/h2-5,10-11,14,22H,6-9H2,1H3,(H,18,20,23). The molecule has 126 valence electrons. The summed E-state index contributed by atoms with van der Waals surface area (Å²) < 4.78 is 5.43. The van der Waals surface area contributed by atoms with Gasteiger partial charge in [-0.15, -0.1) is 0 Å². The lowest BCUT2D eigenvalue weighted by atomic mass is 10.1. The Morgan fingerprint density at radius 2 is 2.00 bits per heavy atom. The molecule has 0 bridgehead atoms. The highest BCUT2D eigenvalue weighted by Gasteiger charge is 2.23. The van der Waals surface area contributed by atoms with Crippen LogP contribution in [0.1, 0.15) is 18.4 Å². The summed E-state index contributed by atoms with van der Waals surface area (Å²) in [6.07, 6.45) is 3.99. The van der Waals surface area contributed by atoms with Gasteiger partial charge >= 0.3 is 6.09 Å². The summed E-state index contributed by atoms with van der Waals surface area (Å²) in [7, 11) is 0. The highest BCUT2D eigenvalue weighted by atomic mass is 16.6. The molecule has 2 aromatic heterocycles. The van der Waals surface area contributed by atoms with E-state index in [0.717, 1.165) is 37.3 Å². The number of amides is 1. The third kappa shape index (κ3) is 4.13. The molecule has 0 saturated carbocycles. The lowest BCUT2D eigenvalue weighted by Gasteiger charge is -2.32. The van der Waals surface area contributed by atoms with E-state index < -0.39 is 6.09 Å². The zero-order chi connectivity index (χ0) is 16.9. The van der Waals surface area contributed by atoms with Crippen LogP contribution in [-0.4, -0.2) is 40.4 Å². The highest BCUT2D eigenvalue weighted by Crippen LogP contribution is 2.20. The van der Waals surface area contributed by atoms with Gasteiger partial charge in [0.15, 0.2) is 0 Å². The molecule has 1 saturated heterocycles. The smallest absolute Gasteiger partial charge is 0.413 e. The first-order valence-electron chi connectivity index (χ1n) is 7.90. The molecule has 1 aliphatic heterocycles. The molecule has 0 radical (unpaired) electrons. The van der Waals surface area contributed by atoms with Gasteiger partial charge in [-0.25, -0.2) is 14.8 Å². The van der Waals surface area contributed by atoms with Gasteiger partial charge < -0.3 is 14.7 Å². The van der Waals surface area contributed by atoms with E-state index in [1.165, 1.54) is 18.3 Å². The number of pyridine rings is 2. The molecule has 7 heteroatoms. The maximum Gasteiger partial charge on any atom is 0.413 e. The van der Waals surface area contributed by atoms with Crippen molar-refractivity contribution in [2.24, 2.45) is 0 Å². The maximum absolute atomic E-state index is 11.9. The van der Waals surface area contributed by atoms with Crippen molar-refractivity contribution in [3.63, 3.8) is 0 Å². The van der Waals surface area contributed by atoms with Gasteiger partial charge in [0.05, 0.1) is 6.20 Å². The number of aromatic hydroxyl groups is 1. The van der Waals surface area contributed by atoms with Crippen molar-refractivity contribution in [1.82, 2.24) is 9.97 Å². The zero-order valence-corrected chi connectivity index (χ0v) is 13.5. The van der Waals surface area contributed by atoms with Crippen LogP contribution < -0.4 is 10.2 Å². The van der Waals surface area contributed by atoms with E-state index in [1.807, 2.05) is 25.3 Å². The normalized spacial score (nSPS) is 15.1. The molecule has 3 heterocycles. The van der Waals surface area contributed by atoms with Gasteiger partial charge in [0.25, 0.3) is 0 Å². The van der Waals surface area contributed by atoms with Crippen molar-refractivity contribution in [2.45, 2.75) is 25.9 Å². The molecule has 2 aromatic rings. The predicted molar refractivity (Wildman–Crippen MR) is 90.2 cm³/mol. The van der Waals surface area contributed by atoms with Crippen molar-refractivity contribution >= 4 is 17.7 Å². The number of hydrogen-bond acceptors (Lipinski definition) is 6. The second kappa shape index (κ2) is 7.16. The predicted octanol–water partition coefficient (Wildman–Crippen LogP) is 2.71. The van der Waals surface area contributed by atoms with E-state index in [0.29, 0.717) is 5.82 Å². The molecule has 0 aromatic carbocycles. The molecule has 3 rings (SSSR count). The number of nitrogens with one attached hydrogen (secondary N) is 1. The summed E-state index contributed by atoms with van der Waals surface area (Å²) in [5.41, 5.74) is 1.14. The number of aromatic nitrogens is 2. The lowest BCUT2D eigenvalue weighted by molar-refractivity contribution is 0.0949. The highest BCUT2D eigenvalue weighted by molar-refractivity contribution is 5.83. The van der Waals surface area contributed by atoms with Gasteiger partial charge in [0, 0.05) is 32.1 Å². The SMILES string of the molecule is Cc1ccc(N2CCC(OC(=O)Nc3ccc(O)cn3)CC2)nc1. The molecule has 7 nitrogen and oxygen atoms in total. The zero-order valence-electron chi connectivity index (χ0n) is 13.5. The summed E-state index contributed by atoms with van der Waals surface area (Å²) in [5.74, 6) is 1.35. The molecular weight excluding hydrogens is 308 g/mol. The molecule has 24 heavy (non-hydrogen) atoms. The number of anilines is 2. The first-order chi connectivity index (χ1) is 11.6. The van der Waals surface area contributed by atoms with Crippen LogP contribution in [0.3, 0.4) is 0 Å². The van der Waals surface area contributed by atoms with Gasteiger partial charge in [-0.1, -0.05) is 6.07 Å². The quantitative estimate of drug-likeness (QED) is 0.901. The number of rotatable bonds is 3. The summed E-state index contributed by atoms with van der Waals surface area (Å²) >= 11 is 0. The molecule has 1 fully saturated rings. The largest absolute Gasteiger partial charge is 0.506 e. The van der Waals surface area contributed by atoms with E-state index in [2.05, 4.69) is 20.2 Å². The monoisotopic (exact) mass is 328 g/mol. The fourth-order valence-electron chi connectivity index (χ4n) is 2.60. The summed E-state index contributed by atoms with van der Waals surface area (Å²) in [6, 6.07) is 7.03. The Hall–Kier alpha value is -2.83. The summed E-state index contributed by atoms with van der Waals surface area (Å²) in [6.45, 7) is 3.61. The lowest BCUT2D eigenvalue weighted by Crippen LogP contribution is -2.38. The Bertz CT molecular complexity index is 680. The molecule has 1 amide bonds. The minimum absolute atomic E-state index is 0.0472. The van der Waals surface area contributed by atoms with Crippen LogP contribution in [0.5, 0.6) is 5.75 Å². The molecule has 0 atom stereocenters. The van der Waals surface area contributed by atoms with Gasteiger partial charge in [-0.2, -0.15) is 0 Å². The van der Waals surface area contributed by atoms with Crippen LogP contribution in [0.15, 0.2) is 36.7 Å². The van der Waals surface area contributed by atoms with Crippen LogP contribution in [-0.2, 0) is 4.74 Å². The molecule has 0 aliphatic carbocycles. The molecule has 1 aliphatic rings. The van der Waals surface area contributed by atoms with E-state index in [9.17, 15) is 4.79 Å². The number of piperidine rings is 1. The number of ether oxygens (including phenoxy) is 1. The maximum atomic E-state index is 11.9. The van der Waals surface area contributed by atoms with Crippen LogP contribution in [0.2, 0.25) is 0 Å². The number of nitrogens with zero attached hydrogens (tertiary/aromatic N) is 3. The molecule has 0 unspecified atom stereocenters. The summed E-state index contributed by atoms with van der Waals surface area (Å²) in [4.78, 5) is 22.4. The van der Waals surface area contributed by atoms with Crippen LogP contribution in [0, 0.1) is 6.92 Å². The number of hydrogen-bond donors (Lipinski definition) is 2. The number of carbonyl (C=O) groups excluding carboxylic acids is 1. The van der Waals surface area contributed by atoms with E-state index in [-0.39, 0.29) is 11.9 Å². The van der Waals surface area contributed by atoms with Gasteiger partial charge in [-0.05, 0) is 30.7 Å². The second-order valence-electron chi connectivity index (χ2n) is 5.81. The Morgan fingerprint density at radius 1 is 1.21 bits per heavy atom. The van der Waals surface area contributed by atoms with Crippen LogP contribution >= 0.6 is 0 Å². The van der Waals surface area contributed by atoms with Gasteiger partial charge in [-0.3, -0.25) is 5.32 Å². The average molecular weight is 328 g/mol. The van der Waals surface area contributed by atoms with E-state index in [1.54, 1.807) is 0 Å². The van der Waals surface area contributed by atoms with Crippen molar-refractivity contribution in [2.75, 3.05) is 23.3 Å². The minimum Gasteiger partial charge on any atom is -0.506 e. The van der Waals surface area contributed by atoms with E-state index in [4.69, 9.17) is 9.84 Å². The number of aryl methyl sites for hydroxylation is 1. The van der Waals surface area contributed by atoms with Crippen LogP contribution in [0.25, 0.3) is 0 Å². The fraction of sp³-hybridized carbons (Fsp3) is 0.353. The second-order valence-corrected chi connectivity index (χ2v) is 5.81. The topological polar surface area (TPSA) is 87.6 Å². The Labute approximate surface area is 140 Å². The third-order valence-corrected chi connectivity index (χ3v) is 3.91. The van der Waals surface area contributed by atoms with Gasteiger partial charge in [0.1, 0.15) is 23.5 Å². The van der Waals surface area contributed by atoms with Crippen molar-refractivity contribution in [3.05, 3.63) is 42.2 Å². The molecule has 0 spiro atoms. The Morgan fingerprint density at radius 3 is 2.62 bits per heavy atom. The Balaban J connectivity index is 1.47. The Kier molecular flexibility index (Phi) is 4.79. The van der Waals surface area contributed by atoms with Gasteiger partial charge in [0.2, 0.25) is 0 Å². The minimum atomic E-state index is -0.528. The van der Waals surface area contributed by atoms with Crippen LogP contribution in [0.4, 0.5) is 16.4 Å².